The number of fused-ring (bicyclic) bond motifs is 3. The summed E-state index contributed by atoms with van der Waals surface area (Å²) in [5.74, 6) is 1.67. The number of aliphatic imine (C=N–C) groups is 1. The number of rotatable bonds is 7. The van der Waals surface area contributed by atoms with Crippen LogP contribution >= 0.6 is 11.8 Å². The Kier molecular flexibility index (Phi) is 6.42. The lowest BCUT2D eigenvalue weighted by molar-refractivity contribution is -0.136. The number of allylic oxidation sites excluding steroid dienone is 1. The van der Waals surface area contributed by atoms with Gasteiger partial charge in [0.25, 0.3) is 0 Å². The number of hydrogen-bond acceptors (Lipinski definition) is 7. The zero-order valence-corrected chi connectivity index (χ0v) is 20.7. The summed E-state index contributed by atoms with van der Waals surface area (Å²) in [5, 5.41) is 6.04. The molecule has 1 amide bonds. The number of para-hydroxylation sites is 1. The Labute approximate surface area is 204 Å². The zero-order valence-electron chi connectivity index (χ0n) is 19.9. The molecule has 8 heteroatoms. The number of nitrogens with one attached hydrogen (secondary N) is 1. The second-order valence-corrected chi connectivity index (χ2v) is 10.2. The van der Waals surface area contributed by atoms with Crippen LogP contribution in [0.25, 0.3) is 0 Å². The standard InChI is InChI=1S/C26H31N3O4S/c1-4-19-23(25(31)33-3)24(18-7-5-6-8-21(18)32-2)29-17(14-34-26(29)28-19)13-22(30)27-20-12-15-9-10-16(20)11-15/h5-8,14-16,20,24H,4,9-13H2,1-3H3,(H,27,30)/t15-,16-,20-,24-/m0/s1. The van der Waals surface area contributed by atoms with Crippen molar-refractivity contribution < 1.29 is 19.1 Å². The topological polar surface area (TPSA) is 80.2 Å². The molecule has 1 aromatic rings. The van der Waals surface area contributed by atoms with Crippen LogP contribution in [-0.4, -0.2) is 42.2 Å². The molecule has 0 spiro atoms. The molecule has 180 valence electrons. The van der Waals surface area contributed by atoms with Gasteiger partial charge in [-0.1, -0.05) is 43.3 Å². The Balaban J connectivity index is 1.47. The number of methoxy groups -OCH3 is 2. The summed E-state index contributed by atoms with van der Waals surface area (Å²) in [4.78, 5) is 32.9. The predicted octanol–water partition coefficient (Wildman–Crippen LogP) is 4.53. The highest BCUT2D eigenvalue weighted by atomic mass is 32.2. The molecule has 4 atom stereocenters. The number of nitrogens with zero attached hydrogens (tertiary/aromatic N) is 2. The predicted molar refractivity (Wildman–Crippen MR) is 132 cm³/mol. The molecule has 0 unspecified atom stereocenters. The van der Waals surface area contributed by atoms with Crippen LogP contribution in [0.4, 0.5) is 0 Å². The number of amides is 1. The quantitative estimate of drug-likeness (QED) is 0.577. The summed E-state index contributed by atoms with van der Waals surface area (Å²) in [6.45, 7) is 1.98. The fourth-order valence-corrected chi connectivity index (χ4v) is 6.88. The number of thioether (sulfide) groups is 1. The lowest BCUT2D eigenvalue weighted by Gasteiger charge is -2.37. The van der Waals surface area contributed by atoms with Gasteiger partial charge in [-0.25, -0.2) is 9.79 Å². The number of hydrogen-bond donors (Lipinski definition) is 1. The highest BCUT2D eigenvalue weighted by molar-refractivity contribution is 8.16. The van der Waals surface area contributed by atoms with E-state index in [0.717, 1.165) is 28.8 Å². The molecule has 0 saturated heterocycles. The monoisotopic (exact) mass is 481 g/mol. The van der Waals surface area contributed by atoms with Crippen molar-refractivity contribution in [3.05, 3.63) is 52.2 Å². The Morgan fingerprint density at radius 3 is 2.71 bits per heavy atom. The van der Waals surface area contributed by atoms with Crippen LogP contribution in [-0.2, 0) is 14.3 Å². The summed E-state index contributed by atoms with van der Waals surface area (Å²) in [6.07, 6.45) is 5.69. The van der Waals surface area contributed by atoms with Crippen LogP contribution in [0.2, 0.25) is 0 Å². The Hall–Kier alpha value is -2.74. The van der Waals surface area contributed by atoms with Gasteiger partial charge in [0.15, 0.2) is 5.17 Å². The molecule has 1 aromatic carbocycles. The van der Waals surface area contributed by atoms with Crippen molar-refractivity contribution in [3.63, 3.8) is 0 Å². The van der Waals surface area contributed by atoms with Crippen molar-refractivity contribution >= 4 is 28.8 Å². The molecule has 1 N–H and O–H groups in total. The molecule has 2 saturated carbocycles. The number of benzene rings is 1. The van der Waals surface area contributed by atoms with E-state index < -0.39 is 12.0 Å². The highest BCUT2D eigenvalue weighted by Crippen LogP contribution is 2.48. The number of carbonyl (C=O) groups is 2. The van der Waals surface area contributed by atoms with Gasteiger partial charge in [0.2, 0.25) is 5.91 Å². The maximum atomic E-state index is 13.1. The minimum Gasteiger partial charge on any atom is -0.496 e. The third-order valence-corrected chi connectivity index (χ3v) is 8.38. The van der Waals surface area contributed by atoms with Crippen molar-refractivity contribution in [2.45, 2.75) is 57.5 Å². The van der Waals surface area contributed by atoms with Gasteiger partial charge in [0.05, 0.1) is 38.0 Å². The van der Waals surface area contributed by atoms with Crippen LogP contribution in [0.3, 0.4) is 0 Å². The average molecular weight is 482 g/mol. The van der Waals surface area contributed by atoms with Crippen LogP contribution in [0.5, 0.6) is 5.75 Å². The molecule has 2 fully saturated rings. The first-order chi connectivity index (χ1) is 16.5. The van der Waals surface area contributed by atoms with E-state index in [1.54, 1.807) is 7.11 Å². The van der Waals surface area contributed by atoms with Crippen LogP contribution < -0.4 is 10.1 Å². The molecule has 5 rings (SSSR count). The molecule has 2 aliphatic heterocycles. The summed E-state index contributed by atoms with van der Waals surface area (Å²) in [7, 11) is 3.01. The maximum absolute atomic E-state index is 13.1. The molecular formula is C26H31N3O4S. The van der Waals surface area contributed by atoms with Gasteiger partial charge in [-0.3, -0.25) is 4.79 Å². The number of carbonyl (C=O) groups excluding carboxylic acids is 2. The minimum absolute atomic E-state index is 0.0225. The molecule has 4 aliphatic rings. The maximum Gasteiger partial charge on any atom is 0.338 e. The summed E-state index contributed by atoms with van der Waals surface area (Å²) in [5.41, 5.74) is 2.85. The highest BCUT2D eigenvalue weighted by Gasteiger charge is 2.43. The van der Waals surface area contributed by atoms with Crippen LogP contribution in [0.1, 0.15) is 57.1 Å². The molecule has 7 nitrogen and oxygen atoms in total. The first-order valence-corrected chi connectivity index (χ1v) is 12.9. The smallest absolute Gasteiger partial charge is 0.338 e. The third-order valence-electron chi connectivity index (χ3n) is 7.49. The van der Waals surface area contributed by atoms with Gasteiger partial charge in [-0.2, -0.15) is 0 Å². The fourth-order valence-electron chi connectivity index (χ4n) is 5.94. The second kappa shape index (κ2) is 9.49. The molecule has 2 heterocycles. The van der Waals surface area contributed by atoms with Crippen LogP contribution in [0.15, 0.2) is 51.6 Å². The molecule has 2 bridgehead atoms. The van der Waals surface area contributed by atoms with Gasteiger partial charge in [0.1, 0.15) is 5.75 Å². The van der Waals surface area contributed by atoms with E-state index in [4.69, 9.17) is 14.5 Å². The first-order valence-electron chi connectivity index (χ1n) is 12.0. The van der Waals surface area contributed by atoms with E-state index in [9.17, 15) is 9.59 Å². The van der Waals surface area contributed by atoms with Gasteiger partial charge in [0, 0.05) is 17.3 Å². The molecule has 34 heavy (non-hydrogen) atoms. The summed E-state index contributed by atoms with van der Waals surface area (Å²) in [6, 6.07) is 7.48. The van der Waals surface area contributed by atoms with E-state index in [1.165, 1.54) is 38.1 Å². The Morgan fingerprint density at radius 2 is 2.03 bits per heavy atom. The summed E-state index contributed by atoms with van der Waals surface area (Å²) >= 11 is 1.49. The van der Waals surface area contributed by atoms with Crippen molar-refractivity contribution in [3.8, 4) is 5.75 Å². The third kappa shape index (κ3) is 4.02. The van der Waals surface area contributed by atoms with Crippen LogP contribution in [0, 0.1) is 11.8 Å². The Morgan fingerprint density at radius 1 is 1.21 bits per heavy atom. The van der Waals surface area contributed by atoms with E-state index >= 15 is 0 Å². The zero-order chi connectivity index (χ0) is 23.8. The molecule has 2 aliphatic carbocycles. The second-order valence-electron chi connectivity index (χ2n) is 9.37. The minimum atomic E-state index is -0.484. The summed E-state index contributed by atoms with van der Waals surface area (Å²) < 4.78 is 10.9. The molecule has 0 radical (unpaired) electrons. The van der Waals surface area contributed by atoms with Gasteiger partial charge in [-0.15, -0.1) is 0 Å². The lowest BCUT2D eigenvalue weighted by Crippen LogP contribution is -2.41. The number of esters is 1. The van der Waals surface area contributed by atoms with Gasteiger partial charge in [-0.05, 0) is 49.0 Å². The number of amidine groups is 1. The van der Waals surface area contributed by atoms with E-state index in [1.807, 2.05) is 41.5 Å². The molecule has 0 aromatic heterocycles. The Bertz CT molecular complexity index is 1100. The first kappa shape index (κ1) is 23.0. The number of ether oxygens (including phenoxy) is 2. The van der Waals surface area contributed by atoms with E-state index in [2.05, 4.69) is 5.32 Å². The fraction of sp³-hybridized carbons (Fsp3) is 0.500. The van der Waals surface area contributed by atoms with Gasteiger partial charge >= 0.3 is 5.97 Å². The normalized spacial score (nSPS) is 27.3. The van der Waals surface area contributed by atoms with E-state index in [0.29, 0.717) is 29.4 Å². The largest absolute Gasteiger partial charge is 0.496 e. The lowest BCUT2D eigenvalue weighted by atomic mass is 9.92. The van der Waals surface area contributed by atoms with Crippen molar-refractivity contribution in [2.75, 3.05) is 14.2 Å². The van der Waals surface area contributed by atoms with Crippen molar-refractivity contribution in [1.29, 1.82) is 0 Å². The van der Waals surface area contributed by atoms with Crippen molar-refractivity contribution in [1.82, 2.24) is 10.2 Å². The van der Waals surface area contributed by atoms with Gasteiger partial charge < -0.3 is 19.7 Å². The SMILES string of the molecule is CCC1=C(C(=O)OC)[C@H](c2ccccc2OC)N2C(CC(=O)N[C@H]3C[C@H]4CC[C@H]3C4)=CSC2=N1. The average Bonchev–Trinajstić information content (AvgIpc) is 3.58. The molecular weight excluding hydrogens is 450 g/mol. The van der Waals surface area contributed by atoms with E-state index in [-0.39, 0.29) is 18.4 Å². The van der Waals surface area contributed by atoms with Crippen molar-refractivity contribution in [2.24, 2.45) is 16.8 Å².